The van der Waals surface area contributed by atoms with Crippen molar-refractivity contribution in [2.75, 3.05) is 54.2 Å². The van der Waals surface area contributed by atoms with Gasteiger partial charge in [0.05, 0.1) is 37.2 Å². The predicted octanol–water partition coefficient (Wildman–Crippen LogP) is 4.30. The standard InChI is InChI=1S/C33H40F2N6O4/c1-23(24(2)43)41(22-42)37-21-40(36)29-6-4-27(5-7-29)38-13-15-39(16-14-38)28-8-10-30(11-9-28)44-19-25-17-33(45-20-25)31-12-3-26(34)18-32(31)35/h3-12,18,21-25,33,43H,13-17,19-20,36H2,1-2H3/b37-21-/t23-,24-,25+,33+/m0/s1. The van der Waals surface area contributed by atoms with Crippen LogP contribution in [0.3, 0.4) is 0 Å². The molecule has 12 heteroatoms. The van der Waals surface area contributed by atoms with E-state index in [9.17, 15) is 18.7 Å². The summed E-state index contributed by atoms with van der Waals surface area (Å²) in [6.45, 7) is 7.66. The van der Waals surface area contributed by atoms with Gasteiger partial charge in [0.15, 0.2) is 0 Å². The minimum atomic E-state index is -0.727. The topological polar surface area (TPSA) is 107 Å². The predicted molar refractivity (Wildman–Crippen MR) is 170 cm³/mol. The summed E-state index contributed by atoms with van der Waals surface area (Å²) in [5.41, 5.74) is 3.31. The van der Waals surface area contributed by atoms with Gasteiger partial charge in [-0.3, -0.25) is 9.80 Å². The van der Waals surface area contributed by atoms with Gasteiger partial charge in [-0.1, -0.05) is 6.07 Å². The van der Waals surface area contributed by atoms with Crippen LogP contribution in [0.5, 0.6) is 5.75 Å². The van der Waals surface area contributed by atoms with Gasteiger partial charge in [0.1, 0.15) is 23.7 Å². The van der Waals surface area contributed by atoms with Crippen molar-refractivity contribution >= 4 is 29.8 Å². The number of rotatable bonds is 12. The molecule has 1 amide bonds. The van der Waals surface area contributed by atoms with E-state index in [1.165, 1.54) is 23.5 Å². The Bertz CT molecular complexity index is 1430. The molecule has 240 valence electrons. The van der Waals surface area contributed by atoms with E-state index in [1.807, 2.05) is 36.4 Å². The molecule has 2 fully saturated rings. The maximum atomic E-state index is 14.1. The second-order valence-corrected chi connectivity index (χ2v) is 11.5. The highest BCUT2D eigenvalue weighted by Gasteiger charge is 2.29. The fourth-order valence-corrected chi connectivity index (χ4v) is 5.44. The van der Waals surface area contributed by atoms with Crippen molar-refractivity contribution in [1.29, 1.82) is 0 Å². The summed E-state index contributed by atoms with van der Waals surface area (Å²) in [4.78, 5) is 15.9. The van der Waals surface area contributed by atoms with Crippen molar-refractivity contribution in [3.05, 3.63) is 83.9 Å². The average molecular weight is 623 g/mol. The number of nitrogens with two attached hydrogens (primary N) is 1. The maximum Gasteiger partial charge on any atom is 0.230 e. The molecule has 0 spiro atoms. The molecule has 2 aliphatic rings. The quantitative estimate of drug-likeness (QED) is 0.101. The van der Waals surface area contributed by atoms with E-state index in [1.54, 1.807) is 13.8 Å². The Hall–Kier alpha value is -4.26. The Balaban J connectivity index is 1.06. The average Bonchev–Trinajstić information content (AvgIpc) is 3.53. The Morgan fingerprint density at radius 2 is 1.64 bits per heavy atom. The van der Waals surface area contributed by atoms with Crippen LogP contribution in [0.2, 0.25) is 0 Å². The minimum absolute atomic E-state index is 0.125. The highest BCUT2D eigenvalue weighted by atomic mass is 19.1. The van der Waals surface area contributed by atoms with E-state index in [0.717, 1.165) is 54.4 Å². The molecule has 3 aromatic rings. The number of hydrogen-bond donors (Lipinski definition) is 2. The summed E-state index contributed by atoms with van der Waals surface area (Å²) in [6.07, 6.45) is 1.40. The Morgan fingerprint density at radius 3 is 2.22 bits per heavy atom. The first kappa shape index (κ1) is 32.1. The number of benzene rings is 3. The third-order valence-corrected chi connectivity index (χ3v) is 8.40. The lowest BCUT2D eigenvalue weighted by molar-refractivity contribution is -0.121. The molecular formula is C33H40F2N6O4. The fraction of sp³-hybridized carbons (Fsp3) is 0.394. The molecule has 0 aromatic heterocycles. The number of aliphatic hydroxyl groups is 1. The minimum Gasteiger partial charge on any atom is -0.493 e. The van der Waals surface area contributed by atoms with Crippen LogP contribution >= 0.6 is 0 Å². The normalized spacial score (nSPS) is 19.9. The number of anilines is 3. The summed E-state index contributed by atoms with van der Waals surface area (Å²) >= 11 is 0. The second kappa shape index (κ2) is 14.7. The van der Waals surface area contributed by atoms with Crippen molar-refractivity contribution in [3.8, 4) is 5.75 Å². The molecule has 2 saturated heterocycles. The third-order valence-electron chi connectivity index (χ3n) is 8.40. The molecule has 0 radical (unpaired) electrons. The van der Waals surface area contributed by atoms with Crippen molar-refractivity contribution in [3.63, 3.8) is 0 Å². The third kappa shape index (κ3) is 8.07. The summed E-state index contributed by atoms with van der Waals surface area (Å²) in [6, 6.07) is 19.0. The molecule has 2 heterocycles. The number of hydrogen-bond acceptors (Lipinski definition) is 8. The number of carbonyl (C=O) groups is 1. The lowest BCUT2D eigenvalue weighted by Gasteiger charge is -2.37. The van der Waals surface area contributed by atoms with Crippen LogP contribution < -0.4 is 25.4 Å². The number of hydrazone groups is 1. The molecule has 45 heavy (non-hydrogen) atoms. The zero-order chi connectivity index (χ0) is 31.9. The fourth-order valence-electron chi connectivity index (χ4n) is 5.44. The molecule has 5 rings (SSSR count). The van der Waals surface area contributed by atoms with E-state index in [0.29, 0.717) is 37.3 Å². The van der Waals surface area contributed by atoms with Gasteiger partial charge in [0.2, 0.25) is 6.41 Å². The molecule has 0 bridgehead atoms. The first-order chi connectivity index (χ1) is 21.7. The molecular weight excluding hydrogens is 582 g/mol. The number of nitrogens with zero attached hydrogens (tertiary/aromatic N) is 5. The lowest BCUT2D eigenvalue weighted by Crippen LogP contribution is -2.46. The Kier molecular flexibility index (Phi) is 10.5. The second-order valence-electron chi connectivity index (χ2n) is 11.5. The molecule has 10 nitrogen and oxygen atoms in total. The van der Waals surface area contributed by atoms with E-state index >= 15 is 0 Å². The smallest absolute Gasteiger partial charge is 0.230 e. The number of piperazine rings is 1. The monoisotopic (exact) mass is 622 g/mol. The Labute approximate surface area is 262 Å². The zero-order valence-corrected chi connectivity index (χ0v) is 25.5. The highest BCUT2D eigenvalue weighted by Crippen LogP contribution is 2.34. The molecule has 3 aromatic carbocycles. The van der Waals surface area contributed by atoms with E-state index in [-0.39, 0.29) is 12.0 Å². The number of halogens is 2. The molecule has 4 atom stereocenters. The van der Waals surface area contributed by atoms with Crippen LogP contribution in [0.15, 0.2) is 71.8 Å². The van der Waals surface area contributed by atoms with Crippen molar-refractivity contribution in [2.45, 2.75) is 38.5 Å². The number of ether oxygens (including phenoxy) is 2. The first-order valence-electron chi connectivity index (χ1n) is 15.1. The van der Waals surface area contributed by atoms with Gasteiger partial charge >= 0.3 is 0 Å². The highest BCUT2D eigenvalue weighted by molar-refractivity contribution is 5.78. The van der Waals surface area contributed by atoms with Crippen molar-refractivity contribution in [2.24, 2.45) is 16.9 Å². The van der Waals surface area contributed by atoms with Gasteiger partial charge in [-0.05, 0) is 74.9 Å². The number of hydrazine groups is 1. The summed E-state index contributed by atoms with van der Waals surface area (Å²) < 4.78 is 39.1. The van der Waals surface area contributed by atoms with Gasteiger partial charge < -0.3 is 24.4 Å². The maximum absolute atomic E-state index is 14.1. The van der Waals surface area contributed by atoms with E-state index in [2.05, 4.69) is 27.0 Å². The van der Waals surface area contributed by atoms with E-state index < -0.39 is 23.8 Å². The SMILES string of the molecule is C[C@H](O)[C@H](C)N(C=O)/N=C\N(N)c1ccc(N2CCN(c3ccc(OC[C@@H]4CO[C@@H](c5ccc(F)cc5F)C4)cc3)CC2)cc1. The van der Waals surface area contributed by atoms with Crippen LogP contribution in [0.1, 0.15) is 31.9 Å². The van der Waals surface area contributed by atoms with Gasteiger partial charge in [-0.25, -0.2) is 19.6 Å². The van der Waals surface area contributed by atoms with Crippen LogP contribution in [0, 0.1) is 17.6 Å². The summed E-state index contributed by atoms with van der Waals surface area (Å²) in [5, 5.41) is 16.2. The molecule has 0 saturated carbocycles. The number of amides is 1. The van der Waals surface area contributed by atoms with Gasteiger partial charge in [-0.2, -0.15) is 5.10 Å². The van der Waals surface area contributed by atoms with Crippen molar-refractivity contribution in [1.82, 2.24) is 5.01 Å². The zero-order valence-electron chi connectivity index (χ0n) is 25.5. The number of carbonyl (C=O) groups excluding carboxylic acids is 1. The van der Waals surface area contributed by atoms with Gasteiger partial charge in [0, 0.05) is 55.1 Å². The van der Waals surface area contributed by atoms with Crippen LogP contribution in [-0.2, 0) is 9.53 Å². The van der Waals surface area contributed by atoms with Crippen LogP contribution in [0.4, 0.5) is 25.8 Å². The molecule has 3 N–H and O–H groups in total. The first-order valence-corrected chi connectivity index (χ1v) is 15.1. The summed E-state index contributed by atoms with van der Waals surface area (Å²) in [5.74, 6) is 5.82. The van der Waals surface area contributed by atoms with Crippen LogP contribution in [-0.4, -0.2) is 74.4 Å². The lowest BCUT2D eigenvalue weighted by atomic mass is 10.0. The van der Waals surface area contributed by atoms with Gasteiger partial charge in [-0.15, -0.1) is 0 Å². The van der Waals surface area contributed by atoms with Crippen molar-refractivity contribution < 1.29 is 28.2 Å². The molecule has 2 aliphatic heterocycles. The Morgan fingerprint density at radius 1 is 1.02 bits per heavy atom. The molecule has 0 unspecified atom stereocenters. The van der Waals surface area contributed by atoms with Gasteiger partial charge in [0.25, 0.3) is 0 Å². The summed E-state index contributed by atoms with van der Waals surface area (Å²) in [7, 11) is 0. The number of aliphatic hydroxyl groups excluding tert-OH is 1. The van der Waals surface area contributed by atoms with E-state index in [4.69, 9.17) is 15.3 Å². The molecule has 0 aliphatic carbocycles. The van der Waals surface area contributed by atoms with Crippen LogP contribution in [0.25, 0.3) is 0 Å². The largest absolute Gasteiger partial charge is 0.493 e.